The van der Waals surface area contributed by atoms with Crippen LogP contribution in [-0.2, 0) is 7.05 Å². The molecule has 3 rings (SSSR count). The molecule has 6 nitrogen and oxygen atoms in total. The molecule has 0 bridgehead atoms. The zero-order valence-electron chi connectivity index (χ0n) is 13.6. The molecule has 0 aliphatic rings. The number of aryl methyl sites for hydroxylation is 1. The van der Waals surface area contributed by atoms with Crippen molar-refractivity contribution in [3.63, 3.8) is 0 Å². The third-order valence-corrected chi connectivity index (χ3v) is 4.39. The van der Waals surface area contributed by atoms with Crippen LogP contribution >= 0.6 is 11.3 Å². The number of carbonyl (C=O) groups is 1. The first kappa shape index (κ1) is 16.8. The van der Waals surface area contributed by atoms with Gasteiger partial charge in [0.25, 0.3) is 11.5 Å². The summed E-state index contributed by atoms with van der Waals surface area (Å²) in [4.78, 5) is 30.3. The van der Waals surface area contributed by atoms with Crippen LogP contribution in [0.15, 0.2) is 65.3 Å². The highest BCUT2D eigenvalue weighted by molar-refractivity contribution is 7.14. The van der Waals surface area contributed by atoms with Gasteiger partial charge in [-0.3, -0.25) is 14.5 Å². The Morgan fingerprint density at radius 2 is 2.04 bits per heavy atom. The van der Waals surface area contributed by atoms with Gasteiger partial charge in [-0.25, -0.2) is 9.67 Å². The minimum atomic E-state index is -0.329. The number of nitrogens with zero attached hydrogens (tertiary/aromatic N) is 4. The van der Waals surface area contributed by atoms with E-state index in [4.69, 9.17) is 0 Å². The van der Waals surface area contributed by atoms with Crippen molar-refractivity contribution in [2.75, 3.05) is 11.4 Å². The SMILES string of the molecule is C=CCN(C(=O)c1ccc(=O)n(C)n1)c1nc(-c2ccccc2)cs1. The van der Waals surface area contributed by atoms with Crippen molar-refractivity contribution in [3.8, 4) is 11.3 Å². The van der Waals surface area contributed by atoms with Crippen LogP contribution in [0.1, 0.15) is 10.5 Å². The maximum Gasteiger partial charge on any atom is 0.280 e. The zero-order chi connectivity index (χ0) is 17.8. The Bertz CT molecular complexity index is 962. The topological polar surface area (TPSA) is 68.1 Å². The predicted octanol–water partition coefficient (Wildman–Crippen LogP) is 2.74. The highest BCUT2D eigenvalue weighted by atomic mass is 32.1. The van der Waals surface area contributed by atoms with E-state index in [1.165, 1.54) is 35.4 Å². The predicted molar refractivity (Wildman–Crippen MR) is 98.9 cm³/mol. The van der Waals surface area contributed by atoms with Crippen LogP contribution in [0, 0.1) is 0 Å². The van der Waals surface area contributed by atoms with Crippen LogP contribution in [0.4, 0.5) is 5.13 Å². The summed E-state index contributed by atoms with van der Waals surface area (Å²) in [6.07, 6.45) is 1.63. The molecule has 2 heterocycles. The molecule has 0 N–H and O–H groups in total. The molecule has 0 spiro atoms. The van der Waals surface area contributed by atoms with Crippen molar-refractivity contribution >= 4 is 22.4 Å². The summed E-state index contributed by atoms with van der Waals surface area (Å²) in [5.74, 6) is -0.329. The van der Waals surface area contributed by atoms with Gasteiger partial charge in [0.1, 0.15) is 5.69 Å². The molecular formula is C18H16N4O2S. The van der Waals surface area contributed by atoms with Crippen LogP contribution < -0.4 is 10.5 Å². The first-order valence-electron chi connectivity index (χ1n) is 7.58. The van der Waals surface area contributed by atoms with Crippen LogP contribution in [0.3, 0.4) is 0 Å². The Balaban J connectivity index is 1.94. The Labute approximate surface area is 148 Å². The lowest BCUT2D eigenvalue weighted by molar-refractivity contribution is 0.0982. The maximum absolute atomic E-state index is 12.8. The summed E-state index contributed by atoms with van der Waals surface area (Å²) in [5.41, 5.74) is 1.69. The second-order valence-corrected chi connectivity index (χ2v) is 6.10. The molecule has 3 aromatic rings. The summed E-state index contributed by atoms with van der Waals surface area (Å²) < 4.78 is 1.14. The first-order chi connectivity index (χ1) is 12.1. The number of amides is 1. The van der Waals surface area contributed by atoms with E-state index >= 15 is 0 Å². The van der Waals surface area contributed by atoms with Crippen LogP contribution in [0.5, 0.6) is 0 Å². The standard InChI is InChI=1S/C18H16N4O2S/c1-3-11-22(17(24)14-9-10-16(23)21(2)20-14)18-19-15(12-25-18)13-7-5-4-6-8-13/h3-10,12H,1,11H2,2H3. The van der Waals surface area contributed by atoms with Gasteiger partial charge < -0.3 is 0 Å². The van der Waals surface area contributed by atoms with Gasteiger partial charge in [-0.2, -0.15) is 5.10 Å². The van der Waals surface area contributed by atoms with Gasteiger partial charge in [0.15, 0.2) is 5.13 Å². The van der Waals surface area contributed by atoms with E-state index in [-0.39, 0.29) is 17.2 Å². The second-order valence-electron chi connectivity index (χ2n) is 5.27. The van der Waals surface area contributed by atoms with E-state index < -0.39 is 0 Å². The average Bonchev–Trinajstić information content (AvgIpc) is 3.12. The Hall–Kier alpha value is -3.06. The van der Waals surface area contributed by atoms with Crippen molar-refractivity contribution in [1.82, 2.24) is 14.8 Å². The highest BCUT2D eigenvalue weighted by Gasteiger charge is 2.21. The smallest absolute Gasteiger partial charge is 0.279 e. The van der Waals surface area contributed by atoms with Gasteiger partial charge in [0.05, 0.1) is 5.69 Å². The van der Waals surface area contributed by atoms with E-state index in [0.29, 0.717) is 11.7 Å². The Morgan fingerprint density at radius 3 is 2.72 bits per heavy atom. The van der Waals surface area contributed by atoms with Gasteiger partial charge in [0.2, 0.25) is 0 Å². The zero-order valence-corrected chi connectivity index (χ0v) is 14.4. The van der Waals surface area contributed by atoms with E-state index in [2.05, 4.69) is 16.7 Å². The second kappa shape index (κ2) is 7.23. The summed E-state index contributed by atoms with van der Waals surface area (Å²) in [6.45, 7) is 4.00. The molecule has 0 unspecified atom stereocenters. The van der Waals surface area contributed by atoms with Crippen molar-refractivity contribution in [2.45, 2.75) is 0 Å². The number of hydrogen-bond donors (Lipinski definition) is 0. The summed E-state index contributed by atoms with van der Waals surface area (Å²) in [7, 11) is 1.51. The number of aromatic nitrogens is 3. The lowest BCUT2D eigenvalue weighted by Crippen LogP contribution is -2.33. The molecule has 0 fully saturated rings. The number of thiazole rings is 1. The molecule has 25 heavy (non-hydrogen) atoms. The number of benzene rings is 1. The molecule has 1 aromatic carbocycles. The molecule has 0 aliphatic heterocycles. The van der Waals surface area contributed by atoms with E-state index in [1.54, 1.807) is 6.08 Å². The van der Waals surface area contributed by atoms with E-state index in [0.717, 1.165) is 15.9 Å². The van der Waals surface area contributed by atoms with Crippen molar-refractivity contribution in [3.05, 3.63) is 76.5 Å². The minimum absolute atomic E-state index is 0.181. The molecule has 0 atom stereocenters. The van der Waals surface area contributed by atoms with E-state index in [9.17, 15) is 9.59 Å². The van der Waals surface area contributed by atoms with Crippen LogP contribution in [0.2, 0.25) is 0 Å². The van der Waals surface area contributed by atoms with Gasteiger partial charge in [-0.15, -0.1) is 17.9 Å². The number of anilines is 1. The van der Waals surface area contributed by atoms with Crippen molar-refractivity contribution < 1.29 is 4.79 Å². The normalized spacial score (nSPS) is 10.4. The van der Waals surface area contributed by atoms with Gasteiger partial charge in [-0.1, -0.05) is 36.4 Å². The Morgan fingerprint density at radius 1 is 1.28 bits per heavy atom. The lowest BCUT2D eigenvalue weighted by atomic mass is 10.2. The van der Waals surface area contributed by atoms with Crippen LogP contribution in [0.25, 0.3) is 11.3 Å². The largest absolute Gasteiger partial charge is 0.280 e. The van der Waals surface area contributed by atoms with Gasteiger partial charge >= 0.3 is 0 Å². The van der Waals surface area contributed by atoms with Crippen molar-refractivity contribution in [1.29, 1.82) is 0 Å². The summed E-state index contributed by atoms with van der Waals surface area (Å²) in [5, 5.41) is 6.48. The molecular weight excluding hydrogens is 336 g/mol. The lowest BCUT2D eigenvalue weighted by Gasteiger charge is -2.17. The summed E-state index contributed by atoms with van der Waals surface area (Å²) >= 11 is 1.37. The quantitative estimate of drug-likeness (QED) is 0.662. The molecule has 2 aromatic heterocycles. The third kappa shape index (κ3) is 3.56. The number of carbonyl (C=O) groups excluding carboxylic acids is 1. The average molecular weight is 352 g/mol. The summed E-state index contributed by atoms with van der Waals surface area (Å²) in [6, 6.07) is 12.5. The maximum atomic E-state index is 12.8. The highest BCUT2D eigenvalue weighted by Crippen LogP contribution is 2.28. The molecule has 7 heteroatoms. The molecule has 1 amide bonds. The fraction of sp³-hybridized carbons (Fsp3) is 0.111. The first-order valence-corrected chi connectivity index (χ1v) is 8.46. The van der Waals surface area contributed by atoms with Gasteiger partial charge in [-0.05, 0) is 6.07 Å². The fourth-order valence-corrected chi connectivity index (χ4v) is 3.10. The Kier molecular flexibility index (Phi) is 4.85. The molecule has 0 saturated carbocycles. The monoisotopic (exact) mass is 352 g/mol. The number of rotatable bonds is 5. The van der Waals surface area contributed by atoms with Crippen LogP contribution in [-0.4, -0.2) is 27.2 Å². The molecule has 126 valence electrons. The number of hydrogen-bond acceptors (Lipinski definition) is 5. The molecule has 0 radical (unpaired) electrons. The van der Waals surface area contributed by atoms with Crippen molar-refractivity contribution in [2.24, 2.45) is 7.05 Å². The molecule has 0 aliphatic carbocycles. The fourth-order valence-electron chi connectivity index (χ4n) is 2.26. The third-order valence-electron chi connectivity index (χ3n) is 3.53. The van der Waals surface area contributed by atoms with E-state index in [1.807, 2.05) is 35.7 Å². The molecule has 0 saturated heterocycles. The van der Waals surface area contributed by atoms with Gasteiger partial charge in [0, 0.05) is 30.6 Å². The minimum Gasteiger partial charge on any atom is -0.279 e.